The first-order valence-electron chi connectivity index (χ1n) is 12.7. The Kier molecular flexibility index (Phi) is 5.99. The van der Waals surface area contributed by atoms with Crippen LogP contribution >= 0.6 is 0 Å². The van der Waals surface area contributed by atoms with Gasteiger partial charge in [-0.1, -0.05) is 45.3 Å². The molecule has 0 amide bonds. The minimum absolute atomic E-state index is 0.125. The van der Waals surface area contributed by atoms with Gasteiger partial charge >= 0.3 is 0 Å². The molecule has 3 heteroatoms. The van der Waals surface area contributed by atoms with E-state index in [0.29, 0.717) is 23.7 Å². The van der Waals surface area contributed by atoms with Gasteiger partial charge in [-0.15, -0.1) is 0 Å². The van der Waals surface area contributed by atoms with Gasteiger partial charge in [0.05, 0.1) is 17.8 Å². The first kappa shape index (κ1) is 22.8. The van der Waals surface area contributed by atoms with Gasteiger partial charge < -0.3 is 15.3 Å². The Balaban J connectivity index is 1.50. The van der Waals surface area contributed by atoms with Crippen molar-refractivity contribution in [3.8, 4) is 0 Å². The van der Waals surface area contributed by atoms with Crippen molar-refractivity contribution in [2.24, 2.45) is 40.4 Å². The monoisotopic (exact) mass is 418 g/mol. The summed E-state index contributed by atoms with van der Waals surface area (Å²) in [6, 6.07) is 0. The van der Waals surface area contributed by atoms with Crippen LogP contribution in [0.25, 0.3) is 0 Å². The molecule has 3 N–H and O–H groups in total. The van der Waals surface area contributed by atoms with Crippen LogP contribution in [0.4, 0.5) is 0 Å². The van der Waals surface area contributed by atoms with Crippen LogP contribution in [0.3, 0.4) is 0 Å². The molecule has 0 saturated heterocycles. The molecule has 1 unspecified atom stereocenters. The fraction of sp³-hybridized carbons (Fsp3) is 0.926. The molecule has 3 fully saturated rings. The highest BCUT2D eigenvalue weighted by Crippen LogP contribution is 2.67. The Labute approximate surface area is 184 Å². The van der Waals surface area contributed by atoms with E-state index in [9.17, 15) is 15.3 Å². The molecular weight excluding hydrogens is 372 g/mol. The van der Waals surface area contributed by atoms with Crippen LogP contribution in [0.15, 0.2) is 11.6 Å². The van der Waals surface area contributed by atoms with Gasteiger partial charge in [-0.2, -0.15) is 0 Å². The SMILES string of the molecule is C[C@H](CCCC(C)(C)O)[C@H]1CC[C@H]2C3CC=C4C[C@@H](O)C[C@H](O)[C@]4(C)[C@H]3CC[C@]12C. The van der Waals surface area contributed by atoms with E-state index in [1.165, 1.54) is 37.7 Å². The molecule has 4 aliphatic carbocycles. The fourth-order valence-corrected chi connectivity index (χ4v) is 8.73. The molecule has 0 spiro atoms. The number of fused-ring (bicyclic) bond motifs is 5. The number of hydrogen-bond donors (Lipinski definition) is 3. The van der Waals surface area contributed by atoms with Crippen LogP contribution < -0.4 is 0 Å². The van der Waals surface area contributed by atoms with Crippen molar-refractivity contribution in [3.63, 3.8) is 0 Å². The van der Waals surface area contributed by atoms with Crippen LogP contribution in [-0.2, 0) is 0 Å². The van der Waals surface area contributed by atoms with E-state index in [1.54, 1.807) is 0 Å². The molecule has 4 rings (SSSR count). The molecule has 0 radical (unpaired) electrons. The standard InChI is InChI=1S/C27H46O3/c1-17(7-6-13-25(2,3)30)21-10-11-22-20-9-8-18-15-19(28)16-24(29)27(18,5)23(20)12-14-26(21,22)4/h8,17,19-24,28-30H,6-7,9-16H2,1-5H3/t17-,19-,20?,21-,22+,23+,24+,26-,27+/m1/s1. The summed E-state index contributed by atoms with van der Waals surface area (Å²) in [5.74, 6) is 3.55. The van der Waals surface area contributed by atoms with Crippen LogP contribution in [0, 0.1) is 40.4 Å². The maximum atomic E-state index is 11.1. The van der Waals surface area contributed by atoms with Crippen LogP contribution in [-0.4, -0.2) is 33.1 Å². The quantitative estimate of drug-likeness (QED) is 0.519. The number of rotatable bonds is 5. The van der Waals surface area contributed by atoms with Gasteiger partial charge in [0.2, 0.25) is 0 Å². The zero-order valence-electron chi connectivity index (χ0n) is 20.0. The minimum Gasteiger partial charge on any atom is -0.393 e. The summed E-state index contributed by atoms with van der Waals surface area (Å²) in [4.78, 5) is 0. The largest absolute Gasteiger partial charge is 0.393 e. The lowest BCUT2D eigenvalue weighted by molar-refractivity contribution is -0.108. The van der Waals surface area contributed by atoms with Gasteiger partial charge in [-0.05, 0) is 93.8 Å². The van der Waals surface area contributed by atoms with E-state index in [0.717, 1.165) is 43.4 Å². The average Bonchev–Trinajstić information content (AvgIpc) is 2.99. The second-order valence-corrected chi connectivity index (χ2v) is 12.6. The van der Waals surface area contributed by atoms with Crippen molar-refractivity contribution in [2.45, 2.75) is 117 Å². The number of aliphatic hydroxyl groups is 3. The molecule has 3 nitrogen and oxygen atoms in total. The van der Waals surface area contributed by atoms with Crippen molar-refractivity contribution >= 4 is 0 Å². The lowest BCUT2D eigenvalue weighted by Gasteiger charge is -2.59. The van der Waals surface area contributed by atoms with Crippen molar-refractivity contribution in [3.05, 3.63) is 11.6 Å². The highest BCUT2D eigenvalue weighted by molar-refractivity contribution is 5.27. The Bertz CT molecular complexity index is 664. The summed E-state index contributed by atoms with van der Waals surface area (Å²) in [5.41, 5.74) is 1.10. The number of allylic oxidation sites excluding steroid dienone is 1. The first-order valence-corrected chi connectivity index (χ1v) is 12.7. The third-order valence-corrected chi connectivity index (χ3v) is 10.4. The summed E-state index contributed by atoms with van der Waals surface area (Å²) in [5, 5.41) is 31.4. The molecule has 30 heavy (non-hydrogen) atoms. The smallest absolute Gasteiger partial charge is 0.0658 e. The molecule has 4 aliphatic rings. The molecule has 0 aromatic heterocycles. The molecule has 9 atom stereocenters. The van der Waals surface area contributed by atoms with Gasteiger partial charge in [-0.3, -0.25) is 0 Å². The average molecular weight is 419 g/mol. The number of hydrogen-bond acceptors (Lipinski definition) is 3. The molecule has 172 valence electrons. The molecule has 0 aromatic rings. The topological polar surface area (TPSA) is 60.7 Å². The van der Waals surface area contributed by atoms with E-state index in [2.05, 4.69) is 26.8 Å². The molecule has 3 saturated carbocycles. The van der Waals surface area contributed by atoms with E-state index in [-0.39, 0.29) is 11.5 Å². The Hall–Kier alpha value is -0.380. The van der Waals surface area contributed by atoms with E-state index >= 15 is 0 Å². The third kappa shape index (κ3) is 3.71. The summed E-state index contributed by atoms with van der Waals surface area (Å²) >= 11 is 0. The predicted molar refractivity (Wildman–Crippen MR) is 122 cm³/mol. The lowest BCUT2D eigenvalue weighted by atomic mass is 9.46. The highest BCUT2D eigenvalue weighted by atomic mass is 16.3. The van der Waals surface area contributed by atoms with Crippen molar-refractivity contribution in [2.75, 3.05) is 0 Å². The van der Waals surface area contributed by atoms with Gasteiger partial charge in [-0.25, -0.2) is 0 Å². The van der Waals surface area contributed by atoms with E-state index < -0.39 is 11.7 Å². The summed E-state index contributed by atoms with van der Waals surface area (Å²) in [7, 11) is 0. The van der Waals surface area contributed by atoms with E-state index in [4.69, 9.17) is 0 Å². The first-order chi connectivity index (χ1) is 14.0. The highest BCUT2D eigenvalue weighted by Gasteiger charge is 2.60. The van der Waals surface area contributed by atoms with Crippen molar-refractivity contribution in [1.29, 1.82) is 0 Å². The second kappa shape index (κ2) is 7.89. The second-order valence-electron chi connectivity index (χ2n) is 12.6. The normalized spacial score (nSPS) is 47.1. The summed E-state index contributed by atoms with van der Waals surface area (Å²) in [6.45, 7) is 11.2. The summed E-state index contributed by atoms with van der Waals surface area (Å²) < 4.78 is 0. The third-order valence-electron chi connectivity index (χ3n) is 10.4. The Morgan fingerprint density at radius 3 is 2.57 bits per heavy atom. The maximum absolute atomic E-state index is 11.1. The summed E-state index contributed by atoms with van der Waals surface area (Å²) in [6.07, 6.45) is 12.5. The minimum atomic E-state index is -0.546. The van der Waals surface area contributed by atoms with Crippen LogP contribution in [0.1, 0.15) is 98.8 Å². The molecular formula is C27H46O3. The van der Waals surface area contributed by atoms with Crippen molar-refractivity contribution in [1.82, 2.24) is 0 Å². The van der Waals surface area contributed by atoms with Crippen LogP contribution in [0.2, 0.25) is 0 Å². The van der Waals surface area contributed by atoms with Gasteiger partial charge in [0.1, 0.15) is 0 Å². The van der Waals surface area contributed by atoms with Gasteiger partial charge in [0, 0.05) is 11.8 Å². The molecule has 0 bridgehead atoms. The zero-order chi connectivity index (χ0) is 21.9. The predicted octanol–water partition coefficient (Wildman–Crippen LogP) is 5.47. The molecule has 0 aromatic carbocycles. The molecule has 0 heterocycles. The zero-order valence-corrected chi connectivity index (χ0v) is 20.0. The molecule has 0 aliphatic heterocycles. The Morgan fingerprint density at radius 1 is 1.13 bits per heavy atom. The van der Waals surface area contributed by atoms with Crippen molar-refractivity contribution < 1.29 is 15.3 Å². The van der Waals surface area contributed by atoms with Crippen LogP contribution in [0.5, 0.6) is 0 Å². The van der Waals surface area contributed by atoms with Gasteiger partial charge in [0.25, 0.3) is 0 Å². The van der Waals surface area contributed by atoms with Gasteiger partial charge in [0.15, 0.2) is 0 Å². The number of aliphatic hydroxyl groups excluding tert-OH is 2. The Morgan fingerprint density at radius 2 is 1.87 bits per heavy atom. The van der Waals surface area contributed by atoms with E-state index in [1.807, 2.05) is 13.8 Å². The fourth-order valence-electron chi connectivity index (χ4n) is 8.73. The maximum Gasteiger partial charge on any atom is 0.0658 e. The lowest BCUT2D eigenvalue weighted by Crippen LogP contribution is -2.55.